The molecule has 3 aromatic carbocycles. The predicted molar refractivity (Wildman–Crippen MR) is 155 cm³/mol. The van der Waals surface area contributed by atoms with E-state index in [1.807, 2.05) is 18.2 Å². The summed E-state index contributed by atoms with van der Waals surface area (Å²) >= 11 is 0. The van der Waals surface area contributed by atoms with Crippen LogP contribution in [0.15, 0.2) is 60.2 Å². The normalized spacial score (nSPS) is 30.1. The Kier molecular flexibility index (Phi) is 5.42. The molecule has 1 heterocycles. The SMILES string of the molecule is COc1cc([C@H]2Nc3ccc4ccccc4c3C3=C2C(=O)CCC3)ccc1OC(=O)C12CC3CC(CC(C3)C1)C2. The number of methoxy groups -OCH3 is 1. The Morgan fingerprint density at radius 1 is 0.900 bits per heavy atom. The average Bonchev–Trinajstić information content (AvgIpc) is 2.96. The number of fused-ring (bicyclic) bond motifs is 4. The molecule has 0 spiro atoms. The number of ketones is 1. The third kappa shape index (κ3) is 3.66. The van der Waals surface area contributed by atoms with Gasteiger partial charge >= 0.3 is 5.97 Å². The highest BCUT2D eigenvalue weighted by molar-refractivity contribution is 6.12. The van der Waals surface area contributed by atoms with Gasteiger partial charge in [0.05, 0.1) is 18.6 Å². The molecule has 0 amide bonds. The summed E-state index contributed by atoms with van der Waals surface area (Å²) in [5, 5.41) is 6.05. The van der Waals surface area contributed by atoms with Crippen molar-refractivity contribution in [3.05, 3.63) is 71.3 Å². The van der Waals surface area contributed by atoms with Gasteiger partial charge in [0.2, 0.25) is 0 Å². The lowest BCUT2D eigenvalue weighted by Crippen LogP contribution is -2.51. The molecular formula is C35H35NO4. The zero-order valence-corrected chi connectivity index (χ0v) is 23.0. The van der Waals surface area contributed by atoms with Crippen molar-refractivity contribution in [2.24, 2.45) is 23.2 Å². The van der Waals surface area contributed by atoms with E-state index in [0.717, 1.165) is 60.1 Å². The van der Waals surface area contributed by atoms with Crippen molar-refractivity contribution in [2.45, 2.75) is 63.8 Å². The van der Waals surface area contributed by atoms with Gasteiger partial charge in [-0.1, -0.05) is 36.4 Å². The van der Waals surface area contributed by atoms with Gasteiger partial charge in [-0.05, 0) is 109 Å². The summed E-state index contributed by atoms with van der Waals surface area (Å²) in [4.78, 5) is 27.1. The maximum Gasteiger partial charge on any atom is 0.317 e. The summed E-state index contributed by atoms with van der Waals surface area (Å²) in [5.41, 5.74) is 4.83. The average molecular weight is 534 g/mol. The topological polar surface area (TPSA) is 64.6 Å². The number of anilines is 1. The Labute approximate surface area is 234 Å². The van der Waals surface area contributed by atoms with Crippen molar-refractivity contribution in [3.63, 3.8) is 0 Å². The molecule has 204 valence electrons. The van der Waals surface area contributed by atoms with E-state index in [4.69, 9.17) is 9.47 Å². The van der Waals surface area contributed by atoms with Crippen molar-refractivity contribution in [2.75, 3.05) is 12.4 Å². The molecule has 1 N–H and O–H groups in total. The summed E-state index contributed by atoms with van der Waals surface area (Å²) in [6.07, 6.45) is 9.09. The van der Waals surface area contributed by atoms with Crippen molar-refractivity contribution in [1.29, 1.82) is 0 Å². The summed E-state index contributed by atoms with van der Waals surface area (Å²) in [6.45, 7) is 0. The van der Waals surface area contributed by atoms with Crippen molar-refractivity contribution < 1.29 is 19.1 Å². The number of nitrogens with one attached hydrogen (secondary N) is 1. The molecule has 5 aliphatic carbocycles. The van der Waals surface area contributed by atoms with Gasteiger partial charge < -0.3 is 14.8 Å². The van der Waals surface area contributed by atoms with Crippen LogP contribution >= 0.6 is 0 Å². The molecule has 4 fully saturated rings. The standard InChI is InChI=1S/C35H35NO4/c1-39-30-16-24(10-12-29(30)40-34(38)35-17-20-13-21(18-35)15-22(14-20)19-35)33-32-26(7-4-8-28(32)37)31-25-6-3-2-5-23(25)9-11-27(31)36-33/h2-3,5-6,9-12,16,20-22,33,36H,4,7-8,13-15,17-19H2,1H3/t20?,21?,22?,33-,35?/m1/s1. The first-order valence-electron chi connectivity index (χ1n) is 15.0. The van der Waals surface area contributed by atoms with Gasteiger partial charge in [0, 0.05) is 23.2 Å². The van der Waals surface area contributed by atoms with E-state index in [-0.39, 0.29) is 23.2 Å². The van der Waals surface area contributed by atoms with Gasteiger partial charge in [-0.25, -0.2) is 0 Å². The molecule has 5 heteroatoms. The Morgan fingerprint density at radius 3 is 2.40 bits per heavy atom. The number of Topliss-reactive ketones (excluding diaryl/α,β-unsaturated/α-hetero) is 1. The van der Waals surface area contributed by atoms with Crippen molar-refractivity contribution >= 4 is 33.8 Å². The second-order valence-corrected chi connectivity index (χ2v) is 13.0. The molecule has 0 aromatic heterocycles. The van der Waals surface area contributed by atoms with E-state index >= 15 is 0 Å². The number of carbonyl (C=O) groups excluding carboxylic acids is 2. The number of benzene rings is 3. The summed E-state index contributed by atoms with van der Waals surface area (Å²) in [6, 6.07) is 18.2. The number of allylic oxidation sites excluding steroid dienone is 1. The second-order valence-electron chi connectivity index (χ2n) is 13.0. The lowest BCUT2D eigenvalue weighted by molar-refractivity contribution is -0.161. The van der Waals surface area contributed by atoms with Crippen molar-refractivity contribution in [1.82, 2.24) is 0 Å². The summed E-state index contributed by atoms with van der Waals surface area (Å²) < 4.78 is 11.9. The van der Waals surface area contributed by atoms with Gasteiger partial charge in [-0.15, -0.1) is 0 Å². The van der Waals surface area contributed by atoms with Gasteiger partial charge in [0.25, 0.3) is 0 Å². The van der Waals surface area contributed by atoms with Crippen LogP contribution in [0.2, 0.25) is 0 Å². The smallest absolute Gasteiger partial charge is 0.317 e. The minimum absolute atomic E-state index is 0.0818. The molecular weight excluding hydrogens is 498 g/mol. The van der Waals surface area contributed by atoms with E-state index in [1.165, 1.54) is 30.0 Å². The van der Waals surface area contributed by atoms with Gasteiger partial charge in [0.1, 0.15) is 0 Å². The first-order chi connectivity index (χ1) is 19.5. The minimum atomic E-state index is -0.329. The number of rotatable bonds is 4. The molecule has 3 aromatic rings. The number of hydrogen-bond acceptors (Lipinski definition) is 5. The molecule has 40 heavy (non-hydrogen) atoms. The number of carbonyl (C=O) groups is 2. The van der Waals surface area contributed by atoms with E-state index in [2.05, 4.69) is 41.7 Å². The highest BCUT2D eigenvalue weighted by Gasteiger charge is 2.55. The third-order valence-electron chi connectivity index (χ3n) is 10.5. The first kappa shape index (κ1) is 24.2. The fourth-order valence-electron chi connectivity index (χ4n) is 9.17. The molecule has 5 nitrogen and oxygen atoms in total. The van der Waals surface area contributed by atoms with Gasteiger partial charge in [-0.3, -0.25) is 9.59 Å². The van der Waals surface area contributed by atoms with Gasteiger partial charge in [-0.2, -0.15) is 0 Å². The molecule has 9 rings (SSSR count). The lowest BCUT2D eigenvalue weighted by atomic mass is 9.49. The van der Waals surface area contributed by atoms with Crippen molar-refractivity contribution in [3.8, 4) is 11.5 Å². The van der Waals surface area contributed by atoms with Gasteiger partial charge in [0.15, 0.2) is 17.3 Å². The predicted octanol–water partition coefficient (Wildman–Crippen LogP) is 7.64. The molecule has 0 saturated heterocycles. The summed E-state index contributed by atoms with van der Waals surface area (Å²) in [7, 11) is 1.62. The minimum Gasteiger partial charge on any atom is -0.493 e. The van der Waals surface area contributed by atoms with E-state index < -0.39 is 0 Å². The van der Waals surface area contributed by atoms with Crippen LogP contribution in [0.1, 0.15) is 75.0 Å². The monoisotopic (exact) mass is 533 g/mol. The maximum absolute atomic E-state index is 13.7. The molecule has 4 saturated carbocycles. The Balaban J connectivity index is 1.14. The molecule has 6 aliphatic rings. The summed E-state index contributed by atoms with van der Waals surface area (Å²) in [5.74, 6) is 3.16. The number of esters is 1. The zero-order valence-electron chi connectivity index (χ0n) is 23.0. The Hall–Kier alpha value is -3.60. The molecule has 0 radical (unpaired) electrons. The van der Waals surface area contributed by atoms with E-state index in [0.29, 0.717) is 35.7 Å². The van der Waals surface area contributed by atoms with Crippen LogP contribution in [0.4, 0.5) is 5.69 Å². The van der Waals surface area contributed by atoms with Crippen LogP contribution in [0, 0.1) is 23.2 Å². The van der Waals surface area contributed by atoms with E-state index in [9.17, 15) is 9.59 Å². The molecule has 0 unspecified atom stereocenters. The lowest BCUT2D eigenvalue weighted by Gasteiger charge is -2.55. The molecule has 1 atom stereocenters. The van der Waals surface area contributed by atoms with Crippen LogP contribution < -0.4 is 14.8 Å². The first-order valence-corrected chi connectivity index (χ1v) is 15.0. The van der Waals surface area contributed by atoms with Crippen LogP contribution in [-0.4, -0.2) is 18.9 Å². The molecule has 1 aliphatic heterocycles. The molecule has 4 bridgehead atoms. The number of hydrogen-bond donors (Lipinski definition) is 1. The fraction of sp³-hybridized carbons (Fsp3) is 0.429. The highest BCUT2D eigenvalue weighted by atomic mass is 16.6. The fourth-order valence-corrected chi connectivity index (χ4v) is 9.17. The van der Waals surface area contributed by atoms with E-state index in [1.54, 1.807) is 7.11 Å². The van der Waals surface area contributed by atoms with Crippen LogP contribution in [0.3, 0.4) is 0 Å². The number of ether oxygens (including phenoxy) is 2. The zero-order chi connectivity index (χ0) is 27.0. The van der Waals surface area contributed by atoms with Crippen LogP contribution in [0.5, 0.6) is 11.5 Å². The Morgan fingerprint density at radius 2 is 1.65 bits per heavy atom. The second kappa shape index (κ2) is 8.95. The highest BCUT2D eigenvalue weighted by Crippen LogP contribution is 2.60. The third-order valence-corrected chi connectivity index (χ3v) is 10.5. The maximum atomic E-state index is 13.7. The quantitative estimate of drug-likeness (QED) is 0.276. The Bertz CT molecular complexity index is 1560. The van der Waals surface area contributed by atoms with Crippen LogP contribution in [-0.2, 0) is 9.59 Å². The van der Waals surface area contributed by atoms with Crippen LogP contribution in [0.25, 0.3) is 16.3 Å². The largest absolute Gasteiger partial charge is 0.493 e.